The summed E-state index contributed by atoms with van der Waals surface area (Å²) in [5.41, 5.74) is 2.90. The molecule has 0 saturated carbocycles. The van der Waals surface area contributed by atoms with Crippen molar-refractivity contribution in [3.05, 3.63) is 29.3 Å². The maximum Gasteiger partial charge on any atom is 0.322 e. The first-order valence-corrected chi connectivity index (χ1v) is 10.4. The number of anilines is 1. The number of amides is 4. The van der Waals surface area contributed by atoms with Gasteiger partial charge in [0.1, 0.15) is 6.04 Å². The Bertz CT molecular complexity index is 807. The van der Waals surface area contributed by atoms with Gasteiger partial charge in [0.2, 0.25) is 11.8 Å². The normalized spacial score (nSPS) is 23.9. The Morgan fingerprint density at radius 3 is 2.55 bits per heavy atom. The van der Waals surface area contributed by atoms with E-state index in [4.69, 9.17) is 0 Å². The third-order valence-electron chi connectivity index (χ3n) is 5.75. The molecule has 2 aliphatic rings. The van der Waals surface area contributed by atoms with Crippen LogP contribution < -0.4 is 10.6 Å². The van der Waals surface area contributed by atoms with Crippen LogP contribution in [0.25, 0.3) is 0 Å². The predicted molar refractivity (Wildman–Crippen MR) is 113 cm³/mol. The molecule has 0 bridgehead atoms. The average molecular weight is 401 g/mol. The highest BCUT2D eigenvalue weighted by atomic mass is 16.2. The lowest BCUT2D eigenvalue weighted by atomic mass is 9.97. The summed E-state index contributed by atoms with van der Waals surface area (Å²) < 4.78 is 0. The number of piperazine rings is 1. The van der Waals surface area contributed by atoms with Gasteiger partial charge in [-0.05, 0) is 44.2 Å². The standard InChI is InChI=1S/C22H32N4O3/c1-13(2)8-20-21(28)25-11-17(23-16(5)27)10-18(25)12-26(20)22(29)24-19-7-6-14(3)9-15(19)4/h6-7,9,13,17-18,20H,8,10-12H2,1-5H3,(H,23,27)(H,24,29). The number of nitrogens with one attached hydrogen (secondary N) is 2. The molecular weight excluding hydrogens is 368 g/mol. The van der Waals surface area contributed by atoms with Gasteiger partial charge in [0.15, 0.2) is 0 Å². The molecular formula is C22H32N4O3. The highest BCUT2D eigenvalue weighted by Gasteiger charge is 2.47. The molecule has 0 spiro atoms. The van der Waals surface area contributed by atoms with Gasteiger partial charge >= 0.3 is 6.03 Å². The molecule has 7 heteroatoms. The lowest BCUT2D eigenvalue weighted by Crippen LogP contribution is -2.62. The van der Waals surface area contributed by atoms with E-state index in [1.807, 2.05) is 36.9 Å². The van der Waals surface area contributed by atoms with E-state index in [1.54, 1.807) is 4.90 Å². The van der Waals surface area contributed by atoms with Gasteiger partial charge in [-0.2, -0.15) is 0 Å². The molecule has 3 rings (SSSR count). The Morgan fingerprint density at radius 1 is 1.21 bits per heavy atom. The summed E-state index contributed by atoms with van der Waals surface area (Å²) in [6.45, 7) is 10.6. The molecule has 2 heterocycles. The number of nitrogens with zero attached hydrogens (tertiary/aromatic N) is 2. The molecule has 0 aliphatic carbocycles. The molecule has 3 atom stereocenters. The van der Waals surface area contributed by atoms with E-state index in [0.717, 1.165) is 16.8 Å². The molecule has 2 aliphatic heterocycles. The zero-order valence-electron chi connectivity index (χ0n) is 18.0. The maximum atomic E-state index is 13.2. The van der Waals surface area contributed by atoms with Crippen molar-refractivity contribution in [2.75, 3.05) is 18.4 Å². The molecule has 2 N–H and O–H groups in total. The van der Waals surface area contributed by atoms with Crippen molar-refractivity contribution in [1.29, 1.82) is 0 Å². The fourth-order valence-electron chi connectivity index (χ4n) is 4.47. The van der Waals surface area contributed by atoms with Crippen molar-refractivity contribution in [3.8, 4) is 0 Å². The van der Waals surface area contributed by atoms with Gasteiger partial charge < -0.3 is 20.4 Å². The third kappa shape index (κ3) is 4.71. The van der Waals surface area contributed by atoms with Gasteiger partial charge in [-0.25, -0.2) is 4.79 Å². The summed E-state index contributed by atoms with van der Waals surface area (Å²) in [5, 5.41) is 5.92. The molecule has 1 aromatic carbocycles. The largest absolute Gasteiger partial charge is 0.352 e. The van der Waals surface area contributed by atoms with Gasteiger partial charge in [-0.15, -0.1) is 0 Å². The first-order chi connectivity index (χ1) is 13.7. The Labute approximate surface area is 172 Å². The maximum absolute atomic E-state index is 13.2. The molecule has 158 valence electrons. The number of rotatable bonds is 4. The molecule has 2 fully saturated rings. The summed E-state index contributed by atoms with van der Waals surface area (Å²) in [4.78, 5) is 41.4. The highest BCUT2D eigenvalue weighted by molar-refractivity contribution is 5.95. The second-order valence-electron chi connectivity index (χ2n) is 8.82. The van der Waals surface area contributed by atoms with E-state index in [9.17, 15) is 14.4 Å². The van der Waals surface area contributed by atoms with Gasteiger partial charge in [-0.1, -0.05) is 31.5 Å². The molecule has 0 radical (unpaired) electrons. The molecule has 0 aromatic heterocycles. The average Bonchev–Trinajstić information content (AvgIpc) is 3.01. The SMILES string of the molecule is CC(=O)NC1CC2CN(C(=O)Nc3ccc(C)cc3C)C(CC(C)C)C(=O)N2C1. The first kappa shape index (κ1) is 21.1. The fourth-order valence-corrected chi connectivity index (χ4v) is 4.47. The quantitative estimate of drug-likeness (QED) is 0.815. The van der Waals surface area contributed by atoms with Crippen LogP contribution >= 0.6 is 0 Å². The van der Waals surface area contributed by atoms with Crippen molar-refractivity contribution < 1.29 is 14.4 Å². The van der Waals surface area contributed by atoms with Crippen LogP contribution in [0.5, 0.6) is 0 Å². The summed E-state index contributed by atoms with van der Waals surface area (Å²) in [6.07, 6.45) is 1.29. The number of fused-ring (bicyclic) bond motifs is 1. The lowest BCUT2D eigenvalue weighted by Gasteiger charge is -2.43. The van der Waals surface area contributed by atoms with Crippen molar-refractivity contribution in [1.82, 2.24) is 15.1 Å². The fraction of sp³-hybridized carbons (Fsp3) is 0.591. The van der Waals surface area contributed by atoms with Crippen molar-refractivity contribution in [2.45, 2.75) is 65.6 Å². The Morgan fingerprint density at radius 2 is 1.93 bits per heavy atom. The van der Waals surface area contributed by atoms with Crippen LogP contribution in [0, 0.1) is 19.8 Å². The second-order valence-corrected chi connectivity index (χ2v) is 8.82. The molecule has 3 unspecified atom stereocenters. The predicted octanol–water partition coefficient (Wildman–Crippen LogP) is 2.67. The minimum atomic E-state index is -0.479. The molecule has 2 saturated heterocycles. The Hall–Kier alpha value is -2.57. The minimum Gasteiger partial charge on any atom is -0.352 e. The van der Waals surface area contributed by atoms with Gasteiger partial charge in [0.25, 0.3) is 0 Å². The van der Waals surface area contributed by atoms with E-state index in [0.29, 0.717) is 25.9 Å². The van der Waals surface area contributed by atoms with Crippen molar-refractivity contribution in [2.24, 2.45) is 5.92 Å². The van der Waals surface area contributed by atoms with Crippen LogP contribution in [-0.4, -0.2) is 58.9 Å². The van der Waals surface area contributed by atoms with Crippen LogP contribution in [0.2, 0.25) is 0 Å². The molecule has 4 amide bonds. The van der Waals surface area contributed by atoms with Crippen LogP contribution in [0.15, 0.2) is 18.2 Å². The number of benzene rings is 1. The summed E-state index contributed by atoms with van der Waals surface area (Å²) >= 11 is 0. The lowest BCUT2D eigenvalue weighted by molar-refractivity contribution is -0.142. The number of carbonyl (C=O) groups is 3. The molecule has 29 heavy (non-hydrogen) atoms. The molecule has 1 aromatic rings. The second kappa shape index (κ2) is 8.43. The topological polar surface area (TPSA) is 81.8 Å². The summed E-state index contributed by atoms with van der Waals surface area (Å²) in [6, 6.07) is 5.06. The Balaban J connectivity index is 1.80. The van der Waals surface area contributed by atoms with Crippen molar-refractivity contribution >= 4 is 23.5 Å². The summed E-state index contributed by atoms with van der Waals surface area (Å²) in [7, 11) is 0. The first-order valence-electron chi connectivity index (χ1n) is 10.4. The van der Waals surface area contributed by atoms with Crippen LogP contribution in [0.3, 0.4) is 0 Å². The van der Waals surface area contributed by atoms with Crippen molar-refractivity contribution in [3.63, 3.8) is 0 Å². The van der Waals surface area contributed by atoms with Crippen LogP contribution in [-0.2, 0) is 9.59 Å². The number of hydrogen-bond acceptors (Lipinski definition) is 3. The zero-order valence-corrected chi connectivity index (χ0v) is 18.0. The van der Waals surface area contributed by atoms with E-state index in [2.05, 4.69) is 24.5 Å². The Kier molecular flexibility index (Phi) is 6.15. The smallest absolute Gasteiger partial charge is 0.322 e. The van der Waals surface area contributed by atoms with Gasteiger partial charge in [0.05, 0.1) is 6.04 Å². The monoisotopic (exact) mass is 400 g/mol. The van der Waals surface area contributed by atoms with E-state index < -0.39 is 6.04 Å². The van der Waals surface area contributed by atoms with E-state index in [-0.39, 0.29) is 35.8 Å². The number of aryl methyl sites for hydroxylation is 2. The van der Waals surface area contributed by atoms with Gasteiger partial charge in [0, 0.05) is 31.7 Å². The number of hydrogen-bond donors (Lipinski definition) is 2. The molecule has 7 nitrogen and oxygen atoms in total. The highest BCUT2D eigenvalue weighted by Crippen LogP contribution is 2.29. The third-order valence-corrected chi connectivity index (χ3v) is 5.75. The van der Waals surface area contributed by atoms with Crippen LogP contribution in [0.4, 0.5) is 10.5 Å². The number of urea groups is 1. The van der Waals surface area contributed by atoms with E-state index >= 15 is 0 Å². The minimum absolute atomic E-state index is 0.0152. The zero-order chi connectivity index (χ0) is 21.3. The van der Waals surface area contributed by atoms with Crippen LogP contribution in [0.1, 0.15) is 44.7 Å². The summed E-state index contributed by atoms with van der Waals surface area (Å²) in [5.74, 6) is 0.176. The van der Waals surface area contributed by atoms with Gasteiger partial charge in [-0.3, -0.25) is 9.59 Å². The number of carbonyl (C=O) groups excluding carboxylic acids is 3. The van der Waals surface area contributed by atoms with E-state index in [1.165, 1.54) is 6.92 Å².